The predicted octanol–water partition coefficient (Wildman–Crippen LogP) is 0.948. The highest BCUT2D eigenvalue weighted by atomic mass is 16.5. The highest BCUT2D eigenvalue weighted by molar-refractivity contribution is 5.93. The van der Waals surface area contributed by atoms with E-state index in [4.69, 9.17) is 4.74 Å². The average Bonchev–Trinajstić information content (AvgIpc) is 3.11. The van der Waals surface area contributed by atoms with Gasteiger partial charge < -0.3 is 4.74 Å². The van der Waals surface area contributed by atoms with Gasteiger partial charge >= 0.3 is 0 Å². The van der Waals surface area contributed by atoms with E-state index >= 15 is 0 Å². The van der Waals surface area contributed by atoms with E-state index in [0.29, 0.717) is 31.5 Å². The molecule has 0 aromatic carbocycles. The maximum absolute atomic E-state index is 12.4. The molecule has 134 valence electrons. The fourth-order valence-corrected chi connectivity index (χ4v) is 2.72. The summed E-state index contributed by atoms with van der Waals surface area (Å²) in [4.78, 5) is 27.0. The van der Waals surface area contributed by atoms with Crippen LogP contribution >= 0.6 is 0 Å². The first kappa shape index (κ1) is 17.4. The van der Waals surface area contributed by atoms with E-state index in [1.807, 2.05) is 6.92 Å². The zero-order valence-electron chi connectivity index (χ0n) is 14.5. The van der Waals surface area contributed by atoms with Gasteiger partial charge in [0.15, 0.2) is 5.82 Å². The summed E-state index contributed by atoms with van der Waals surface area (Å²) in [5, 5.41) is 9.94. The minimum Gasteiger partial charge on any atom is -0.367 e. The molecule has 25 heavy (non-hydrogen) atoms. The van der Waals surface area contributed by atoms with Gasteiger partial charge in [0, 0.05) is 31.9 Å². The number of carbonyl (C=O) groups is 1. The molecule has 1 aliphatic rings. The Morgan fingerprint density at radius 1 is 1.48 bits per heavy atom. The van der Waals surface area contributed by atoms with Gasteiger partial charge in [-0.3, -0.25) is 20.1 Å². The molecule has 2 aromatic heterocycles. The lowest BCUT2D eigenvalue weighted by molar-refractivity contribution is -0.124. The van der Waals surface area contributed by atoms with Crippen molar-refractivity contribution in [1.82, 2.24) is 30.0 Å². The molecule has 1 fully saturated rings. The number of rotatable bonds is 6. The van der Waals surface area contributed by atoms with E-state index in [0.717, 1.165) is 18.7 Å². The van der Waals surface area contributed by atoms with Crippen molar-refractivity contribution < 1.29 is 9.53 Å². The molecule has 2 N–H and O–H groups in total. The number of aryl methyl sites for hydroxylation is 1. The molecule has 3 rings (SSSR count). The second kappa shape index (κ2) is 8.13. The number of carbonyl (C=O) groups excluding carboxylic acids is 1. The van der Waals surface area contributed by atoms with Crippen molar-refractivity contribution in [3.05, 3.63) is 30.1 Å². The van der Waals surface area contributed by atoms with Gasteiger partial charge in [-0.1, -0.05) is 6.92 Å². The van der Waals surface area contributed by atoms with E-state index in [-0.39, 0.29) is 18.1 Å². The number of aromatic amines is 1. The molecule has 0 spiro atoms. The Kier molecular flexibility index (Phi) is 5.67. The van der Waals surface area contributed by atoms with Crippen LogP contribution in [0.2, 0.25) is 0 Å². The van der Waals surface area contributed by atoms with E-state index in [1.165, 1.54) is 0 Å². The Morgan fingerprint density at radius 3 is 3.04 bits per heavy atom. The number of anilines is 1. The SMILES string of the molecule is CCCc1nc([C@@H]2CN([C@@H](C)C(=O)Nc3ncccn3)CCO2)n[nH]1. The molecule has 9 heteroatoms. The van der Waals surface area contributed by atoms with Crippen LogP contribution in [0.3, 0.4) is 0 Å². The fraction of sp³-hybridized carbons (Fsp3) is 0.562. The summed E-state index contributed by atoms with van der Waals surface area (Å²) >= 11 is 0. The first-order chi connectivity index (χ1) is 12.2. The molecule has 9 nitrogen and oxygen atoms in total. The highest BCUT2D eigenvalue weighted by Gasteiger charge is 2.31. The van der Waals surface area contributed by atoms with Crippen LogP contribution in [0.25, 0.3) is 0 Å². The number of ether oxygens (including phenoxy) is 1. The fourth-order valence-electron chi connectivity index (χ4n) is 2.72. The normalized spacial score (nSPS) is 19.5. The maximum atomic E-state index is 12.4. The third kappa shape index (κ3) is 4.37. The Balaban J connectivity index is 1.60. The van der Waals surface area contributed by atoms with Crippen LogP contribution in [0.4, 0.5) is 5.95 Å². The molecule has 2 aromatic rings. The smallest absolute Gasteiger partial charge is 0.243 e. The van der Waals surface area contributed by atoms with Crippen molar-refractivity contribution in [2.24, 2.45) is 0 Å². The summed E-state index contributed by atoms with van der Waals surface area (Å²) in [5.74, 6) is 1.67. The maximum Gasteiger partial charge on any atom is 0.243 e. The van der Waals surface area contributed by atoms with E-state index < -0.39 is 0 Å². The van der Waals surface area contributed by atoms with Crippen LogP contribution in [0, 0.1) is 0 Å². The second-order valence-electron chi connectivity index (χ2n) is 5.98. The first-order valence-corrected chi connectivity index (χ1v) is 8.52. The summed E-state index contributed by atoms with van der Waals surface area (Å²) in [7, 11) is 0. The van der Waals surface area contributed by atoms with E-state index in [9.17, 15) is 4.79 Å². The Morgan fingerprint density at radius 2 is 2.28 bits per heavy atom. The van der Waals surface area contributed by atoms with Crippen LogP contribution in [-0.2, 0) is 16.0 Å². The molecule has 0 bridgehead atoms. The Labute approximate surface area is 146 Å². The summed E-state index contributed by atoms with van der Waals surface area (Å²) in [6, 6.07) is 1.37. The summed E-state index contributed by atoms with van der Waals surface area (Å²) < 4.78 is 5.79. The Hall–Kier alpha value is -2.39. The number of hydrogen-bond acceptors (Lipinski definition) is 7. The average molecular weight is 345 g/mol. The van der Waals surface area contributed by atoms with Gasteiger partial charge in [-0.05, 0) is 19.4 Å². The number of nitrogens with one attached hydrogen (secondary N) is 2. The third-order valence-corrected chi connectivity index (χ3v) is 4.15. The van der Waals surface area contributed by atoms with Crippen molar-refractivity contribution in [2.45, 2.75) is 38.8 Å². The molecule has 0 radical (unpaired) electrons. The van der Waals surface area contributed by atoms with Crippen molar-refractivity contribution in [3.8, 4) is 0 Å². The zero-order valence-corrected chi connectivity index (χ0v) is 14.5. The number of morpholine rings is 1. The number of amides is 1. The number of H-pyrrole nitrogens is 1. The number of hydrogen-bond donors (Lipinski definition) is 2. The number of aromatic nitrogens is 5. The van der Waals surface area contributed by atoms with Crippen LogP contribution in [0.5, 0.6) is 0 Å². The van der Waals surface area contributed by atoms with E-state index in [2.05, 4.69) is 42.3 Å². The second-order valence-corrected chi connectivity index (χ2v) is 5.98. The lowest BCUT2D eigenvalue weighted by atomic mass is 10.2. The molecule has 1 aliphatic heterocycles. The summed E-state index contributed by atoms with van der Waals surface area (Å²) in [6.07, 6.45) is 4.81. The highest BCUT2D eigenvalue weighted by Crippen LogP contribution is 2.21. The Bertz CT molecular complexity index is 691. The molecular weight excluding hydrogens is 322 g/mol. The van der Waals surface area contributed by atoms with Crippen LogP contribution < -0.4 is 5.32 Å². The molecular formula is C16H23N7O2. The van der Waals surface area contributed by atoms with Gasteiger partial charge in [-0.15, -0.1) is 0 Å². The molecule has 1 amide bonds. The van der Waals surface area contributed by atoms with Crippen molar-refractivity contribution in [2.75, 3.05) is 25.0 Å². The minimum atomic E-state index is -0.329. The lowest BCUT2D eigenvalue weighted by Crippen LogP contribution is -2.48. The topological polar surface area (TPSA) is 109 Å². The van der Waals surface area contributed by atoms with Gasteiger partial charge in [0.05, 0.1) is 12.6 Å². The van der Waals surface area contributed by atoms with Gasteiger partial charge in [0.25, 0.3) is 0 Å². The van der Waals surface area contributed by atoms with Crippen LogP contribution in [-0.4, -0.2) is 61.7 Å². The molecule has 2 atom stereocenters. The van der Waals surface area contributed by atoms with Crippen LogP contribution in [0.1, 0.15) is 38.0 Å². The molecule has 1 saturated heterocycles. The standard InChI is InChI=1S/C16H23N7O2/c1-3-5-13-19-14(22-21-13)12-10-23(8-9-25-12)11(2)15(24)20-16-17-6-4-7-18-16/h4,6-7,11-12H,3,5,8-10H2,1-2H3,(H,19,21,22)(H,17,18,20,24)/t11-,12-/m0/s1. The quantitative estimate of drug-likeness (QED) is 0.802. The monoisotopic (exact) mass is 345 g/mol. The van der Waals surface area contributed by atoms with Gasteiger partial charge in [0.2, 0.25) is 11.9 Å². The number of nitrogens with zero attached hydrogens (tertiary/aromatic N) is 5. The zero-order chi connectivity index (χ0) is 17.6. The van der Waals surface area contributed by atoms with Crippen LogP contribution in [0.15, 0.2) is 18.5 Å². The first-order valence-electron chi connectivity index (χ1n) is 8.52. The van der Waals surface area contributed by atoms with Gasteiger partial charge in [-0.2, -0.15) is 5.10 Å². The molecule has 0 aliphatic carbocycles. The third-order valence-electron chi connectivity index (χ3n) is 4.15. The van der Waals surface area contributed by atoms with Crippen molar-refractivity contribution in [3.63, 3.8) is 0 Å². The largest absolute Gasteiger partial charge is 0.367 e. The minimum absolute atomic E-state index is 0.145. The lowest BCUT2D eigenvalue weighted by Gasteiger charge is -2.34. The van der Waals surface area contributed by atoms with E-state index in [1.54, 1.807) is 18.5 Å². The molecule has 0 unspecified atom stereocenters. The summed E-state index contributed by atoms with van der Waals surface area (Å²) in [6.45, 7) is 5.72. The van der Waals surface area contributed by atoms with Crippen molar-refractivity contribution >= 4 is 11.9 Å². The predicted molar refractivity (Wildman–Crippen MR) is 90.8 cm³/mol. The molecule has 3 heterocycles. The van der Waals surface area contributed by atoms with Gasteiger partial charge in [-0.25, -0.2) is 15.0 Å². The molecule has 0 saturated carbocycles. The van der Waals surface area contributed by atoms with Crippen molar-refractivity contribution in [1.29, 1.82) is 0 Å². The summed E-state index contributed by atoms with van der Waals surface area (Å²) in [5.41, 5.74) is 0. The van der Waals surface area contributed by atoms with Gasteiger partial charge in [0.1, 0.15) is 11.9 Å².